The molecule has 1 aliphatic rings. The van der Waals surface area contributed by atoms with Gasteiger partial charge < -0.3 is 15.5 Å². The second-order valence-corrected chi connectivity index (χ2v) is 9.85. The summed E-state index contributed by atoms with van der Waals surface area (Å²) in [6, 6.07) is 9.91. The van der Waals surface area contributed by atoms with E-state index in [4.69, 9.17) is 12.2 Å². The molecule has 31 heavy (non-hydrogen) atoms. The number of hydrogen-bond donors (Lipinski definition) is 2. The van der Waals surface area contributed by atoms with Crippen LogP contribution in [0.3, 0.4) is 0 Å². The first-order valence-electron chi connectivity index (χ1n) is 10.5. The fourth-order valence-corrected chi connectivity index (χ4v) is 5.39. The number of halogens is 1. The molecule has 0 spiro atoms. The predicted octanol–water partition coefficient (Wildman–Crippen LogP) is 4.57. The van der Waals surface area contributed by atoms with Crippen LogP contribution in [0.15, 0.2) is 41.3 Å². The van der Waals surface area contributed by atoms with Gasteiger partial charge >= 0.3 is 0 Å². The number of sulfonamides is 1. The van der Waals surface area contributed by atoms with E-state index in [0.29, 0.717) is 30.0 Å². The van der Waals surface area contributed by atoms with Gasteiger partial charge in [0.05, 0.1) is 16.3 Å². The van der Waals surface area contributed by atoms with E-state index >= 15 is 0 Å². The van der Waals surface area contributed by atoms with Gasteiger partial charge in [0, 0.05) is 31.9 Å². The van der Waals surface area contributed by atoms with Crippen LogP contribution < -0.4 is 15.5 Å². The number of aryl methyl sites for hydroxylation is 1. The highest BCUT2D eigenvalue weighted by molar-refractivity contribution is 7.89. The van der Waals surface area contributed by atoms with Gasteiger partial charge in [0.15, 0.2) is 5.11 Å². The van der Waals surface area contributed by atoms with Gasteiger partial charge in [-0.15, -0.1) is 0 Å². The Morgan fingerprint density at radius 1 is 1.10 bits per heavy atom. The van der Waals surface area contributed by atoms with Crippen molar-refractivity contribution in [2.45, 2.75) is 38.5 Å². The van der Waals surface area contributed by atoms with Gasteiger partial charge in [-0.25, -0.2) is 12.8 Å². The van der Waals surface area contributed by atoms with Crippen LogP contribution >= 0.6 is 12.2 Å². The standard InChI is InChI=1S/C22H29FN4O2S2/c1-4-27(5-2)31(28,29)18-10-11-21(26-12-6-7-13-26)20(15-18)25-22(30)24-17-9-8-16(3)19(23)14-17/h8-11,14-15H,4-7,12-13H2,1-3H3,(H2,24,25,30). The van der Waals surface area contributed by atoms with E-state index in [0.717, 1.165) is 31.6 Å². The third-order valence-corrected chi connectivity index (χ3v) is 7.69. The topological polar surface area (TPSA) is 64.7 Å². The van der Waals surface area contributed by atoms with E-state index in [9.17, 15) is 12.8 Å². The fraction of sp³-hybridized carbons (Fsp3) is 0.409. The van der Waals surface area contributed by atoms with Crippen molar-refractivity contribution in [3.8, 4) is 0 Å². The predicted molar refractivity (Wildman–Crippen MR) is 129 cm³/mol. The molecule has 168 valence electrons. The minimum Gasteiger partial charge on any atom is -0.370 e. The SMILES string of the molecule is CCN(CC)S(=O)(=O)c1ccc(N2CCCC2)c(NC(=S)Nc2ccc(C)c(F)c2)c1. The van der Waals surface area contributed by atoms with Crippen LogP contribution in [-0.4, -0.2) is 44.0 Å². The molecule has 2 N–H and O–H groups in total. The van der Waals surface area contributed by atoms with Crippen LogP contribution in [0, 0.1) is 12.7 Å². The average molecular weight is 465 g/mol. The summed E-state index contributed by atoms with van der Waals surface area (Å²) in [6.07, 6.45) is 2.18. The maximum absolute atomic E-state index is 13.9. The van der Waals surface area contributed by atoms with Gasteiger partial charge in [-0.1, -0.05) is 19.9 Å². The molecule has 9 heteroatoms. The average Bonchev–Trinajstić information content (AvgIpc) is 3.26. The number of benzene rings is 2. The van der Waals surface area contributed by atoms with Gasteiger partial charge in [0.2, 0.25) is 10.0 Å². The molecule has 0 atom stereocenters. The Balaban J connectivity index is 1.91. The Morgan fingerprint density at radius 2 is 1.77 bits per heavy atom. The molecule has 0 amide bonds. The Morgan fingerprint density at radius 3 is 2.39 bits per heavy atom. The molecule has 0 bridgehead atoms. The maximum atomic E-state index is 13.9. The molecule has 1 heterocycles. The van der Waals surface area contributed by atoms with Gasteiger partial charge in [-0.05, 0) is 67.9 Å². The number of nitrogens with one attached hydrogen (secondary N) is 2. The van der Waals surface area contributed by atoms with E-state index in [1.165, 1.54) is 10.4 Å². The van der Waals surface area contributed by atoms with Crippen LogP contribution in [0.25, 0.3) is 0 Å². The molecule has 2 aromatic rings. The number of anilines is 3. The lowest BCUT2D eigenvalue weighted by atomic mass is 10.2. The lowest BCUT2D eigenvalue weighted by molar-refractivity contribution is 0.445. The zero-order valence-electron chi connectivity index (χ0n) is 18.1. The molecule has 0 aromatic heterocycles. The maximum Gasteiger partial charge on any atom is 0.243 e. The van der Waals surface area contributed by atoms with Crippen molar-refractivity contribution >= 4 is 44.4 Å². The fourth-order valence-electron chi connectivity index (χ4n) is 3.68. The zero-order valence-corrected chi connectivity index (χ0v) is 19.7. The number of rotatable bonds is 7. The smallest absolute Gasteiger partial charge is 0.243 e. The van der Waals surface area contributed by atoms with E-state index in [2.05, 4.69) is 15.5 Å². The number of nitrogens with zero attached hydrogens (tertiary/aromatic N) is 2. The summed E-state index contributed by atoms with van der Waals surface area (Å²) in [6.45, 7) is 7.93. The van der Waals surface area contributed by atoms with Gasteiger partial charge in [-0.2, -0.15) is 4.31 Å². The molecule has 2 aromatic carbocycles. The second-order valence-electron chi connectivity index (χ2n) is 7.51. The van der Waals surface area contributed by atoms with Crippen LogP contribution in [0.5, 0.6) is 0 Å². The first-order valence-corrected chi connectivity index (χ1v) is 12.3. The monoisotopic (exact) mass is 464 g/mol. The zero-order chi connectivity index (χ0) is 22.6. The summed E-state index contributed by atoms with van der Waals surface area (Å²) in [5, 5.41) is 6.38. The third-order valence-electron chi connectivity index (χ3n) is 5.44. The Kier molecular flexibility index (Phi) is 7.51. The molecule has 1 fully saturated rings. The molecular formula is C22H29FN4O2S2. The number of thiocarbonyl (C=S) groups is 1. The largest absolute Gasteiger partial charge is 0.370 e. The normalized spacial score (nSPS) is 14.2. The van der Waals surface area contributed by atoms with Crippen LogP contribution in [0.1, 0.15) is 32.3 Å². The highest BCUT2D eigenvalue weighted by Crippen LogP contribution is 2.32. The van der Waals surface area contributed by atoms with Crippen molar-refractivity contribution in [2.24, 2.45) is 0 Å². The second kappa shape index (κ2) is 9.93. The molecule has 0 aliphatic carbocycles. The Hall–Kier alpha value is -2.23. The molecule has 3 rings (SSSR count). The van der Waals surface area contributed by atoms with E-state index in [1.54, 1.807) is 31.2 Å². The molecule has 0 unspecified atom stereocenters. The minimum absolute atomic E-state index is 0.214. The van der Waals surface area contributed by atoms with Crippen molar-refractivity contribution in [3.05, 3.63) is 47.8 Å². The quantitative estimate of drug-likeness (QED) is 0.585. The summed E-state index contributed by atoms with van der Waals surface area (Å²) in [4.78, 5) is 2.43. The lowest BCUT2D eigenvalue weighted by Crippen LogP contribution is -2.31. The molecule has 1 aliphatic heterocycles. The Bertz CT molecular complexity index is 1050. The van der Waals surface area contributed by atoms with Gasteiger partial charge in [0.1, 0.15) is 5.82 Å². The van der Waals surface area contributed by atoms with Crippen molar-refractivity contribution in [3.63, 3.8) is 0 Å². The molecule has 0 saturated carbocycles. The highest BCUT2D eigenvalue weighted by atomic mass is 32.2. The first kappa shape index (κ1) is 23.4. The summed E-state index contributed by atoms with van der Waals surface area (Å²) in [5.41, 5.74) is 2.58. The third kappa shape index (κ3) is 5.34. The Labute approximate surface area is 189 Å². The summed E-state index contributed by atoms with van der Waals surface area (Å²) in [7, 11) is -3.61. The van der Waals surface area contributed by atoms with Gasteiger partial charge in [-0.3, -0.25) is 0 Å². The van der Waals surface area contributed by atoms with E-state index < -0.39 is 10.0 Å². The first-order chi connectivity index (χ1) is 14.8. The van der Waals surface area contributed by atoms with Crippen molar-refractivity contribution in [2.75, 3.05) is 41.7 Å². The van der Waals surface area contributed by atoms with Crippen molar-refractivity contribution in [1.82, 2.24) is 4.31 Å². The molecule has 6 nitrogen and oxygen atoms in total. The molecule has 0 radical (unpaired) electrons. The number of hydrogen-bond acceptors (Lipinski definition) is 4. The van der Waals surface area contributed by atoms with E-state index in [-0.39, 0.29) is 15.8 Å². The van der Waals surface area contributed by atoms with Crippen LogP contribution in [0.2, 0.25) is 0 Å². The summed E-state index contributed by atoms with van der Waals surface area (Å²) in [5.74, 6) is -0.321. The lowest BCUT2D eigenvalue weighted by Gasteiger charge is -2.24. The molecule has 1 saturated heterocycles. The summed E-state index contributed by atoms with van der Waals surface area (Å²) >= 11 is 5.44. The van der Waals surface area contributed by atoms with E-state index in [1.807, 2.05) is 19.9 Å². The van der Waals surface area contributed by atoms with Crippen LogP contribution in [-0.2, 0) is 10.0 Å². The highest BCUT2D eigenvalue weighted by Gasteiger charge is 2.24. The van der Waals surface area contributed by atoms with Crippen molar-refractivity contribution in [1.29, 1.82) is 0 Å². The summed E-state index contributed by atoms with van der Waals surface area (Å²) < 4.78 is 41.3. The minimum atomic E-state index is -3.61. The van der Waals surface area contributed by atoms with Gasteiger partial charge in [0.25, 0.3) is 0 Å². The van der Waals surface area contributed by atoms with Crippen molar-refractivity contribution < 1.29 is 12.8 Å². The van der Waals surface area contributed by atoms with Crippen LogP contribution in [0.4, 0.5) is 21.5 Å². The molecular weight excluding hydrogens is 435 g/mol.